The van der Waals surface area contributed by atoms with E-state index >= 15 is 0 Å². The summed E-state index contributed by atoms with van der Waals surface area (Å²) in [5, 5.41) is 4.15. The van der Waals surface area contributed by atoms with E-state index in [1.165, 1.54) is 11.0 Å². The summed E-state index contributed by atoms with van der Waals surface area (Å²) >= 11 is 0. The van der Waals surface area contributed by atoms with Gasteiger partial charge in [0, 0.05) is 6.07 Å². The topological polar surface area (TPSA) is 85.8 Å². The summed E-state index contributed by atoms with van der Waals surface area (Å²) in [6, 6.07) is 1.80. The molecule has 0 aliphatic heterocycles. The third kappa shape index (κ3) is 1.81. The lowest BCUT2D eigenvalue weighted by molar-refractivity contribution is 0.834. The van der Waals surface area contributed by atoms with Gasteiger partial charge in [-0.3, -0.25) is 0 Å². The Morgan fingerprint density at radius 2 is 2.19 bits per heavy atom. The second-order valence-corrected chi connectivity index (χ2v) is 3.56. The highest BCUT2D eigenvalue weighted by atomic mass is 15.4. The van der Waals surface area contributed by atoms with Crippen molar-refractivity contribution < 1.29 is 0 Å². The van der Waals surface area contributed by atoms with Crippen LogP contribution in [-0.4, -0.2) is 39.8 Å². The molecule has 2 heterocycles. The van der Waals surface area contributed by atoms with Gasteiger partial charge in [-0.25, -0.2) is 9.97 Å². The summed E-state index contributed by atoms with van der Waals surface area (Å²) in [6.45, 7) is 1.78. The smallest absolute Gasteiger partial charge is 0.225 e. The minimum absolute atomic E-state index is 0.320. The van der Waals surface area contributed by atoms with E-state index in [4.69, 9.17) is 5.73 Å². The van der Waals surface area contributed by atoms with Crippen LogP contribution in [-0.2, 0) is 0 Å². The lowest BCUT2D eigenvalue weighted by atomic mass is 10.3. The molecule has 0 bridgehead atoms. The second-order valence-electron chi connectivity index (χ2n) is 3.56. The van der Waals surface area contributed by atoms with Gasteiger partial charge < -0.3 is 10.5 Å². The number of hydrogen-bond acceptors (Lipinski definition) is 6. The Morgan fingerprint density at radius 1 is 1.44 bits per heavy atom. The quantitative estimate of drug-likeness (QED) is 0.644. The lowest BCUT2D eigenvalue weighted by Gasteiger charge is -2.11. The molecule has 0 saturated heterocycles. The van der Waals surface area contributed by atoms with E-state index in [0.717, 1.165) is 5.82 Å². The Hall–Kier alpha value is -2.12. The molecule has 0 spiro atoms. The van der Waals surface area contributed by atoms with Gasteiger partial charge in [0.25, 0.3) is 0 Å². The highest BCUT2D eigenvalue weighted by Gasteiger charge is 2.08. The minimum Gasteiger partial charge on any atom is -0.410 e. The van der Waals surface area contributed by atoms with Crippen molar-refractivity contribution in [3.63, 3.8) is 0 Å². The van der Waals surface area contributed by atoms with Crippen molar-refractivity contribution in [1.29, 1.82) is 0 Å². The SMILES string of the molecule is BN(C)c1cc(-n2nc(C)nc2N)ncn1. The third-order valence-corrected chi connectivity index (χ3v) is 2.05. The van der Waals surface area contributed by atoms with Gasteiger partial charge in [-0.05, 0) is 14.0 Å². The van der Waals surface area contributed by atoms with Crippen molar-refractivity contribution in [3.05, 3.63) is 18.2 Å². The highest BCUT2D eigenvalue weighted by Crippen LogP contribution is 2.12. The number of aromatic nitrogens is 5. The van der Waals surface area contributed by atoms with Gasteiger partial charge in [-0.1, -0.05) is 0 Å². The molecule has 0 saturated carbocycles. The van der Waals surface area contributed by atoms with Crippen LogP contribution in [0.15, 0.2) is 12.4 Å². The van der Waals surface area contributed by atoms with Crippen molar-refractivity contribution in [2.75, 3.05) is 17.6 Å². The van der Waals surface area contributed by atoms with E-state index in [-0.39, 0.29) is 0 Å². The van der Waals surface area contributed by atoms with Crippen LogP contribution in [0.1, 0.15) is 5.82 Å². The molecule has 0 fully saturated rings. The first kappa shape index (κ1) is 10.4. The standard InChI is InChI=1S/C8H12BN7/c1-5-13-8(10)16(14-5)7-3-6(15(2)9)11-4-12-7/h3-4H,9H2,1-2H3,(H2,10,13,14). The van der Waals surface area contributed by atoms with Crippen LogP contribution in [0, 0.1) is 6.92 Å². The molecule has 8 heteroatoms. The Bertz CT molecular complexity index is 507. The summed E-state index contributed by atoms with van der Waals surface area (Å²) in [6.07, 6.45) is 1.47. The first-order valence-corrected chi connectivity index (χ1v) is 4.77. The van der Waals surface area contributed by atoms with Crippen LogP contribution in [0.25, 0.3) is 5.82 Å². The molecule has 0 unspecified atom stereocenters. The van der Waals surface area contributed by atoms with Crippen LogP contribution < -0.4 is 10.5 Å². The highest BCUT2D eigenvalue weighted by molar-refractivity contribution is 6.16. The Balaban J connectivity index is 2.48. The number of anilines is 2. The number of nitrogens with two attached hydrogens (primary N) is 1. The zero-order valence-corrected chi connectivity index (χ0v) is 9.42. The zero-order chi connectivity index (χ0) is 11.7. The van der Waals surface area contributed by atoms with Gasteiger partial charge in [-0.15, -0.1) is 5.10 Å². The summed E-state index contributed by atoms with van der Waals surface area (Å²) in [4.78, 5) is 14.1. The Labute approximate surface area is 93.8 Å². The summed E-state index contributed by atoms with van der Waals surface area (Å²) in [5.41, 5.74) is 5.71. The molecule has 2 N–H and O–H groups in total. The summed E-state index contributed by atoms with van der Waals surface area (Å²) in [5.74, 6) is 2.33. The zero-order valence-electron chi connectivity index (χ0n) is 9.42. The number of aryl methyl sites for hydroxylation is 1. The molecule has 0 aromatic carbocycles. The fraction of sp³-hybridized carbons (Fsp3) is 0.250. The average Bonchev–Trinajstić information content (AvgIpc) is 2.58. The molecular formula is C8H12BN7. The first-order chi connectivity index (χ1) is 7.58. The van der Waals surface area contributed by atoms with Gasteiger partial charge in [-0.2, -0.15) is 9.67 Å². The van der Waals surface area contributed by atoms with Crippen molar-refractivity contribution in [2.45, 2.75) is 6.92 Å². The van der Waals surface area contributed by atoms with Gasteiger partial charge in [0.05, 0.1) is 0 Å². The summed E-state index contributed by atoms with van der Waals surface area (Å²) in [7, 11) is 3.81. The van der Waals surface area contributed by atoms with Crippen LogP contribution in [0.4, 0.5) is 11.8 Å². The average molecular weight is 217 g/mol. The van der Waals surface area contributed by atoms with Crippen LogP contribution in [0.2, 0.25) is 0 Å². The molecule has 0 aliphatic carbocycles. The monoisotopic (exact) mass is 217 g/mol. The molecule has 7 nitrogen and oxygen atoms in total. The van der Waals surface area contributed by atoms with E-state index in [9.17, 15) is 0 Å². The largest absolute Gasteiger partial charge is 0.410 e. The van der Waals surface area contributed by atoms with Crippen LogP contribution in [0.5, 0.6) is 0 Å². The number of hydrogen-bond donors (Lipinski definition) is 1. The minimum atomic E-state index is 0.320. The lowest BCUT2D eigenvalue weighted by Crippen LogP contribution is -2.14. The second kappa shape index (κ2) is 3.80. The van der Waals surface area contributed by atoms with E-state index in [1.807, 2.05) is 19.8 Å². The predicted octanol–water partition coefficient (Wildman–Crippen LogP) is -1.07. The number of nitrogen functional groups attached to an aromatic ring is 1. The maximum absolute atomic E-state index is 5.71. The molecule has 2 aromatic heterocycles. The Morgan fingerprint density at radius 3 is 2.75 bits per heavy atom. The van der Waals surface area contributed by atoms with Gasteiger partial charge in [0.1, 0.15) is 18.0 Å². The molecule has 2 rings (SSSR count). The molecule has 0 atom stereocenters. The van der Waals surface area contributed by atoms with Gasteiger partial charge in [0.15, 0.2) is 5.82 Å². The van der Waals surface area contributed by atoms with E-state index in [0.29, 0.717) is 17.6 Å². The molecule has 82 valence electrons. The van der Waals surface area contributed by atoms with Gasteiger partial charge in [0.2, 0.25) is 13.9 Å². The molecule has 0 aliphatic rings. The normalized spacial score (nSPS) is 10.4. The molecule has 0 amide bonds. The van der Waals surface area contributed by atoms with Gasteiger partial charge >= 0.3 is 0 Å². The Kier molecular flexibility index (Phi) is 2.47. The molecular weight excluding hydrogens is 205 g/mol. The fourth-order valence-corrected chi connectivity index (χ4v) is 1.30. The van der Waals surface area contributed by atoms with Crippen LogP contribution in [0.3, 0.4) is 0 Å². The maximum Gasteiger partial charge on any atom is 0.225 e. The van der Waals surface area contributed by atoms with Crippen molar-refractivity contribution >= 4 is 19.7 Å². The molecule has 0 radical (unpaired) electrons. The van der Waals surface area contributed by atoms with Crippen LogP contribution >= 0.6 is 0 Å². The molecule has 16 heavy (non-hydrogen) atoms. The first-order valence-electron chi connectivity index (χ1n) is 4.77. The number of nitrogens with zero attached hydrogens (tertiary/aromatic N) is 6. The van der Waals surface area contributed by atoms with Crippen molar-refractivity contribution in [2.24, 2.45) is 0 Å². The summed E-state index contributed by atoms with van der Waals surface area (Å²) < 4.78 is 1.49. The van der Waals surface area contributed by atoms with E-state index in [1.54, 1.807) is 13.0 Å². The van der Waals surface area contributed by atoms with E-state index < -0.39 is 0 Å². The third-order valence-electron chi connectivity index (χ3n) is 2.05. The number of rotatable bonds is 2. The van der Waals surface area contributed by atoms with E-state index in [2.05, 4.69) is 20.1 Å². The van der Waals surface area contributed by atoms with Crippen molar-refractivity contribution in [1.82, 2.24) is 24.7 Å². The maximum atomic E-state index is 5.71. The fourth-order valence-electron chi connectivity index (χ4n) is 1.30. The predicted molar refractivity (Wildman–Crippen MR) is 63.0 cm³/mol. The van der Waals surface area contributed by atoms with Crippen molar-refractivity contribution in [3.8, 4) is 5.82 Å². The molecule has 2 aromatic rings.